The van der Waals surface area contributed by atoms with Crippen LogP contribution in [0.3, 0.4) is 0 Å². The summed E-state index contributed by atoms with van der Waals surface area (Å²) in [5, 5.41) is 12.1. The van der Waals surface area contributed by atoms with Crippen molar-refractivity contribution in [2.24, 2.45) is 5.92 Å². The van der Waals surface area contributed by atoms with Gasteiger partial charge in [-0.2, -0.15) is 0 Å². The number of aromatic nitrogens is 1. The Bertz CT molecular complexity index is 572. The maximum atomic E-state index is 11.8. The van der Waals surface area contributed by atoms with Gasteiger partial charge in [0.15, 0.2) is 0 Å². The Kier molecular flexibility index (Phi) is 4.45. The Balaban J connectivity index is 2.37. The Hall–Kier alpha value is -2.11. The van der Waals surface area contributed by atoms with E-state index in [4.69, 9.17) is 0 Å². The minimum Gasteiger partial charge on any atom is -0.478 e. The number of carboxylic acid groups (broad SMARTS) is 1. The van der Waals surface area contributed by atoms with Gasteiger partial charge in [0.1, 0.15) is 11.4 Å². The number of aryl methyl sites for hydroxylation is 2. The van der Waals surface area contributed by atoms with Gasteiger partial charge in [-0.1, -0.05) is 0 Å². The van der Waals surface area contributed by atoms with Gasteiger partial charge >= 0.3 is 5.97 Å². The highest BCUT2D eigenvalue weighted by molar-refractivity contribution is 5.95. The van der Waals surface area contributed by atoms with E-state index in [1.807, 2.05) is 11.8 Å². The van der Waals surface area contributed by atoms with Crippen LogP contribution in [0.2, 0.25) is 0 Å². The second-order valence-corrected chi connectivity index (χ2v) is 5.48. The first-order valence-electron chi connectivity index (χ1n) is 7.12. The topological polar surface area (TPSA) is 82.5 Å². The average Bonchev–Trinajstić information content (AvgIpc) is 2.45. The minimum absolute atomic E-state index is 0.000880. The summed E-state index contributed by atoms with van der Waals surface area (Å²) in [6, 6.07) is 1.77. The van der Waals surface area contributed by atoms with E-state index in [-0.39, 0.29) is 17.4 Å². The summed E-state index contributed by atoms with van der Waals surface area (Å²) in [5.74, 6) is -0.611. The first-order chi connectivity index (χ1) is 9.93. The van der Waals surface area contributed by atoms with Crippen molar-refractivity contribution in [2.45, 2.75) is 26.7 Å². The highest BCUT2D eigenvalue weighted by atomic mass is 16.4. The zero-order valence-electron chi connectivity index (χ0n) is 12.6. The van der Waals surface area contributed by atoms with Crippen LogP contribution < -0.4 is 10.2 Å². The smallest absolute Gasteiger partial charge is 0.339 e. The molecule has 1 aliphatic heterocycles. The van der Waals surface area contributed by atoms with Gasteiger partial charge in [-0.05, 0) is 38.3 Å². The van der Waals surface area contributed by atoms with E-state index in [1.165, 1.54) is 0 Å². The van der Waals surface area contributed by atoms with Crippen molar-refractivity contribution in [1.82, 2.24) is 10.3 Å². The van der Waals surface area contributed by atoms with Gasteiger partial charge in [-0.25, -0.2) is 9.78 Å². The van der Waals surface area contributed by atoms with Crippen molar-refractivity contribution in [1.29, 1.82) is 0 Å². The third kappa shape index (κ3) is 3.15. The number of anilines is 1. The van der Waals surface area contributed by atoms with Gasteiger partial charge in [-0.15, -0.1) is 0 Å². The zero-order chi connectivity index (χ0) is 15.6. The molecule has 2 N–H and O–H groups in total. The van der Waals surface area contributed by atoms with Crippen LogP contribution in [-0.2, 0) is 4.79 Å². The van der Waals surface area contributed by atoms with Crippen molar-refractivity contribution < 1.29 is 14.7 Å². The van der Waals surface area contributed by atoms with Crippen LogP contribution in [0, 0.1) is 19.8 Å². The summed E-state index contributed by atoms with van der Waals surface area (Å²) in [7, 11) is 1.62. The molecule has 1 atom stereocenters. The lowest BCUT2D eigenvalue weighted by Gasteiger charge is -2.33. The molecule has 0 bridgehead atoms. The summed E-state index contributed by atoms with van der Waals surface area (Å²) in [6.07, 6.45) is 1.68. The molecular formula is C15H21N3O3. The SMILES string of the molecule is CNC(=O)C1CCCN(c2nc(C)cc(C)c2C(=O)O)C1. The van der Waals surface area contributed by atoms with E-state index >= 15 is 0 Å². The number of hydrogen-bond acceptors (Lipinski definition) is 4. The molecule has 114 valence electrons. The van der Waals surface area contributed by atoms with Crippen LogP contribution in [0.5, 0.6) is 0 Å². The van der Waals surface area contributed by atoms with E-state index in [2.05, 4.69) is 10.3 Å². The third-order valence-corrected chi connectivity index (χ3v) is 3.88. The molecule has 6 heteroatoms. The fourth-order valence-electron chi connectivity index (χ4n) is 2.90. The van der Waals surface area contributed by atoms with Crippen molar-refractivity contribution in [3.8, 4) is 0 Å². The molecule has 1 aromatic heterocycles. The normalized spacial score (nSPS) is 18.4. The standard InChI is InChI=1S/C15H21N3O3/c1-9-7-10(2)17-13(12(9)15(20)21)18-6-4-5-11(8-18)14(19)16-3/h7,11H,4-6,8H2,1-3H3,(H,16,19)(H,20,21). The van der Waals surface area contributed by atoms with Crippen molar-refractivity contribution in [3.63, 3.8) is 0 Å². The Labute approximate surface area is 124 Å². The predicted octanol–water partition coefficient (Wildman–Crippen LogP) is 1.36. The second-order valence-electron chi connectivity index (χ2n) is 5.48. The molecular weight excluding hydrogens is 270 g/mol. The summed E-state index contributed by atoms with van der Waals surface area (Å²) >= 11 is 0. The number of rotatable bonds is 3. The molecule has 1 fully saturated rings. The lowest BCUT2D eigenvalue weighted by molar-refractivity contribution is -0.124. The molecule has 1 saturated heterocycles. The quantitative estimate of drug-likeness (QED) is 0.878. The zero-order valence-corrected chi connectivity index (χ0v) is 12.6. The van der Waals surface area contributed by atoms with Crippen LogP contribution in [0.25, 0.3) is 0 Å². The van der Waals surface area contributed by atoms with Gasteiger partial charge in [-0.3, -0.25) is 4.79 Å². The van der Waals surface area contributed by atoms with E-state index in [1.54, 1.807) is 20.0 Å². The number of pyridine rings is 1. The largest absolute Gasteiger partial charge is 0.478 e. The van der Waals surface area contributed by atoms with E-state index in [0.29, 0.717) is 17.9 Å². The highest BCUT2D eigenvalue weighted by Gasteiger charge is 2.29. The third-order valence-electron chi connectivity index (χ3n) is 3.88. The van der Waals surface area contributed by atoms with Crippen LogP contribution in [0.4, 0.5) is 5.82 Å². The van der Waals surface area contributed by atoms with E-state index < -0.39 is 5.97 Å². The molecule has 21 heavy (non-hydrogen) atoms. The fourth-order valence-corrected chi connectivity index (χ4v) is 2.90. The average molecular weight is 291 g/mol. The molecule has 0 saturated carbocycles. The number of carbonyl (C=O) groups is 2. The van der Waals surface area contributed by atoms with Crippen LogP contribution >= 0.6 is 0 Å². The Morgan fingerprint density at radius 3 is 2.76 bits per heavy atom. The number of nitrogens with one attached hydrogen (secondary N) is 1. The highest BCUT2D eigenvalue weighted by Crippen LogP contribution is 2.27. The van der Waals surface area contributed by atoms with Crippen molar-refractivity contribution >= 4 is 17.7 Å². The number of nitrogens with zero attached hydrogens (tertiary/aromatic N) is 2. The molecule has 1 aliphatic rings. The number of carboxylic acids is 1. The molecule has 0 aliphatic carbocycles. The van der Waals surface area contributed by atoms with Gasteiger partial charge in [0.05, 0.1) is 5.92 Å². The van der Waals surface area contributed by atoms with Crippen LogP contribution in [-0.4, -0.2) is 42.1 Å². The van der Waals surface area contributed by atoms with Gasteiger partial charge < -0.3 is 15.3 Å². The molecule has 1 unspecified atom stereocenters. The molecule has 1 amide bonds. The summed E-state index contributed by atoms with van der Waals surface area (Å²) in [6.45, 7) is 4.86. The molecule has 6 nitrogen and oxygen atoms in total. The molecule has 2 heterocycles. The maximum absolute atomic E-state index is 11.8. The Morgan fingerprint density at radius 2 is 2.14 bits per heavy atom. The number of amides is 1. The summed E-state index contributed by atoms with van der Waals surface area (Å²) in [4.78, 5) is 29.7. The lowest BCUT2D eigenvalue weighted by atomic mass is 9.96. The fraction of sp³-hybridized carbons (Fsp3) is 0.533. The maximum Gasteiger partial charge on any atom is 0.339 e. The molecule has 1 aromatic rings. The first kappa shape index (κ1) is 15.3. The molecule has 0 aromatic carbocycles. The van der Waals surface area contributed by atoms with Crippen molar-refractivity contribution in [2.75, 3.05) is 25.0 Å². The van der Waals surface area contributed by atoms with Crippen LogP contribution in [0.1, 0.15) is 34.5 Å². The van der Waals surface area contributed by atoms with E-state index in [0.717, 1.165) is 25.1 Å². The van der Waals surface area contributed by atoms with Crippen LogP contribution in [0.15, 0.2) is 6.07 Å². The minimum atomic E-state index is -0.975. The number of aromatic carboxylic acids is 1. The van der Waals surface area contributed by atoms with Gasteiger partial charge in [0.25, 0.3) is 0 Å². The van der Waals surface area contributed by atoms with E-state index in [9.17, 15) is 14.7 Å². The van der Waals surface area contributed by atoms with Gasteiger partial charge in [0.2, 0.25) is 5.91 Å². The molecule has 0 spiro atoms. The predicted molar refractivity (Wildman–Crippen MR) is 79.7 cm³/mol. The van der Waals surface area contributed by atoms with Crippen molar-refractivity contribution in [3.05, 3.63) is 22.9 Å². The monoisotopic (exact) mass is 291 g/mol. The Morgan fingerprint density at radius 1 is 1.43 bits per heavy atom. The number of hydrogen-bond donors (Lipinski definition) is 2. The second kappa shape index (κ2) is 6.11. The lowest BCUT2D eigenvalue weighted by Crippen LogP contribution is -2.43. The number of carbonyl (C=O) groups excluding carboxylic acids is 1. The summed E-state index contributed by atoms with van der Waals surface area (Å²) < 4.78 is 0. The number of piperidine rings is 1. The van der Waals surface area contributed by atoms with Gasteiger partial charge in [0, 0.05) is 25.8 Å². The molecule has 2 rings (SSSR count). The first-order valence-corrected chi connectivity index (χ1v) is 7.12. The molecule has 0 radical (unpaired) electrons. The summed E-state index contributed by atoms with van der Waals surface area (Å²) in [5.41, 5.74) is 1.72.